The van der Waals surface area contributed by atoms with Crippen molar-refractivity contribution in [1.82, 2.24) is 0 Å². The summed E-state index contributed by atoms with van der Waals surface area (Å²) in [4.78, 5) is 0. The van der Waals surface area contributed by atoms with Crippen LogP contribution in [0.15, 0.2) is 48.5 Å². The molecule has 0 aliphatic rings. The van der Waals surface area contributed by atoms with Crippen molar-refractivity contribution in [2.24, 2.45) is 0 Å². The molecule has 0 radical (unpaired) electrons. The smallest absolute Gasteiger partial charge is 0.423 e. The van der Waals surface area contributed by atoms with E-state index in [0.29, 0.717) is 5.56 Å². The molecular formula is C21H13F7O. The third kappa shape index (κ3) is 4.21. The topological polar surface area (TPSA) is 9.23 Å². The maximum Gasteiger partial charge on any atom is 0.427 e. The summed E-state index contributed by atoms with van der Waals surface area (Å²) in [5.41, 5.74) is 0.0816. The summed E-state index contributed by atoms with van der Waals surface area (Å²) in [6.07, 6.45) is -3.77. The predicted octanol–water partition coefficient (Wildman–Crippen LogP) is 6.74. The number of rotatable bonds is 5. The maximum atomic E-state index is 14.3. The number of hydrogen-bond donors (Lipinski definition) is 0. The average Bonchev–Trinajstić information content (AvgIpc) is 2.68. The quantitative estimate of drug-likeness (QED) is 0.332. The molecule has 1 nitrogen and oxygen atoms in total. The van der Waals surface area contributed by atoms with Crippen LogP contribution < -0.4 is 4.74 Å². The molecule has 29 heavy (non-hydrogen) atoms. The van der Waals surface area contributed by atoms with E-state index < -0.39 is 46.5 Å². The van der Waals surface area contributed by atoms with Gasteiger partial charge in [0, 0.05) is 0 Å². The lowest BCUT2D eigenvalue weighted by Gasteiger charge is -2.20. The molecule has 0 aliphatic heterocycles. The van der Waals surface area contributed by atoms with Crippen LogP contribution in [-0.4, -0.2) is 0 Å². The first-order chi connectivity index (χ1) is 13.6. The Morgan fingerprint density at radius 2 is 1.24 bits per heavy atom. The van der Waals surface area contributed by atoms with Crippen LogP contribution in [0.25, 0.3) is 11.1 Å². The second-order valence-electron chi connectivity index (χ2n) is 6.19. The predicted molar refractivity (Wildman–Crippen MR) is 92.0 cm³/mol. The Hall–Kier alpha value is -3.03. The van der Waals surface area contributed by atoms with E-state index in [0.717, 1.165) is 24.1 Å². The van der Waals surface area contributed by atoms with Gasteiger partial charge in [0.25, 0.3) is 0 Å². The molecule has 3 aromatic carbocycles. The van der Waals surface area contributed by atoms with E-state index in [9.17, 15) is 30.7 Å². The van der Waals surface area contributed by atoms with Crippen molar-refractivity contribution in [2.75, 3.05) is 0 Å². The second kappa shape index (κ2) is 7.77. The van der Waals surface area contributed by atoms with E-state index in [4.69, 9.17) is 0 Å². The SMILES string of the molecule is CCc1ccc(-c2cc(F)c(OC(F)(F)c3cc(F)c(F)c(F)c3)c(F)c2)cc1. The summed E-state index contributed by atoms with van der Waals surface area (Å²) in [6.45, 7) is 1.93. The largest absolute Gasteiger partial charge is 0.427 e. The van der Waals surface area contributed by atoms with Gasteiger partial charge >= 0.3 is 6.11 Å². The van der Waals surface area contributed by atoms with Gasteiger partial charge in [-0.3, -0.25) is 0 Å². The van der Waals surface area contributed by atoms with Gasteiger partial charge in [0.1, 0.15) is 0 Å². The summed E-state index contributed by atoms with van der Waals surface area (Å²) >= 11 is 0. The van der Waals surface area contributed by atoms with Crippen LogP contribution in [0.4, 0.5) is 30.7 Å². The number of hydrogen-bond acceptors (Lipinski definition) is 1. The van der Waals surface area contributed by atoms with Crippen LogP contribution in [-0.2, 0) is 12.5 Å². The summed E-state index contributed by atoms with van der Waals surface area (Å²) in [5.74, 6) is -10.1. The Kier molecular flexibility index (Phi) is 5.55. The molecule has 0 unspecified atom stereocenters. The van der Waals surface area contributed by atoms with Crippen molar-refractivity contribution in [3.8, 4) is 16.9 Å². The first-order valence-electron chi connectivity index (χ1n) is 8.42. The molecule has 0 N–H and O–H groups in total. The zero-order valence-electron chi connectivity index (χ0n) is 14.9. The first-order valence-corrected chi connectivity index (χ1v) is 8.42. The summed E-state index contributed by atoms with van der Waals surface area (Å²) in [7, 11) is 0. The molecule has 0 spiro atoms. The van der Waals surface area contributed by atoms with Gasteiger partial charge < -0.3 is 4.74 Å². The minimum atomic E-state index is -4.53. The van der Waals surface area contributed by atoms with Crippen LogP contribution in [0.2, 0.25) is 0 Å². The Morgan fingerprint density at radius 3 is 1.72 bits per heavy atom. The van der Waals surface area contributed by atoms with Crippen LogP contribution >= 0.6 is 0 Å². The molecule has 0 atom stereocenters. The molecule has 0 aliphatic carbocycles. The normalized spacial score (nSPS) is 11.6. The van der Waals surface area contributed by atoms with Gasteiger partial charge in [-0.1, -0.05) is 31.2 Å². The zero-order valence-corrected chi connectivity index (χ0v) is 14.9. The lowest BCUT2D eigenvalue weighted by molar-refractivity contribution is -0.188. The van der Waals surface area contributed by atoms with Crippen LogP contribution in [0.5, 0.6) is 5.75 Å². The molecular weight excluding hydrogens is 401 g/mol. The lowest BCUT2D eigenvalue weighted by Crippen LogP contribution is -2.24. The molecule has 0 bridgehead atoms. The van der Waals surface area contributed by atoms with Gasteiger partial charge in [-0.15, -0.1) is 0 Å². The Morgan fingerprint density at radius 1 is 0.724 bits per heavy atom. The number of ether oxygens (including phenoxy) is 1. The third-order valence-electron chi connectivity index (χ3n) is 4.24. The molecule has 0 aromatic heterocycles. The minimum Gasteiger partial charge on any atom is -0.423 e. The standard InChI is InChI=1S/C21H13F7O/c1-2-11-3-5-12(6-4-11)13-7-17(24)20(18(25)8-13)29-21(27,28)14-9-15(22)19(26)16(23)10-14/h3-10H,2H2,1H3. The van der Waals surface area contributed by atoms with E-state index in [1.54, 1.807) is 24.3 Å². The number of halogens is 7. The van der Waals surface area contributed by atoms with E-state index in [-0.39, 0.29) is 17.7 Å². The average molecular weight is 414 g/mol. The van der Waals surface area contributed by atoms with Crippen LogP contribution in [0, 0.1) is 29.1 Å². The van der Waals surface area contributed by atoms with Crippen molar-refractivity contribution in [3.05, 3.63) is 88.7 Å². The molecule has 8 heteroatoms. The molecule has 3 rings (SSSR count). The van der Waals surface area contributed by atoms with Gasteiger partial charge in [0.15, 0.2) is 34.8 Å². The van der Waals surface area contributed by atoms with E-state index in [1.807, 2.05) is 6.92 Å². The highest BCUT2D eigenvalue weighted by molar-refractivity contribution is 5.65. The fourth-order valence-electron chi connectivity index (χ4n) is 2.67. The fourth-order valence-corrected chi connectivity index (χ4v) is 2.67. The van der Waals surface area contributed by atoms with Crippen molar-refractivity contribution in [1.29, 1.82) is 0 Å². The van der Waals surface area contributed by atoms with Crippen LogP contribution in [0.3, 0.4) is 0 Å². The Balaban J connectivity index is 1.95. The molecule has 0 heterocycles. The van der Waals surface area contributed by atoms with Gasteiger partial charge in [-0.05, 0) is 47.4 Å². The highest BCUT2D eigenvalue weighted by atomic mass is 19.3. The van der Waals surface area contributed by atoms with Gasteiger partial charge in [0.05, 0.1) is 5.56 Å². The van der Waals surface area contributed by atoms with Crippen molar-refractivity contribution < 1.29 is 35.5 Å². The maximum absolute atomic E-state index is 14.3. The second-order valence-corrected chi connectivity index (χ2v) is 6.19. The summed E-state index contributed by atoms with van der Waals surface area (Å²) in [6, 6.07) is 8.29. The molecule has 3 aromatic rings. The third-order valence-corrected chi connectivity index (χ3v) is 4.24. The highest BCUT2D eigenvalue weighted by Gasteiger charge is 2.38. The van der Waals surface area contributed by atoms with Crippen molar-refractivity contribution in [2.45, 2.75) is 19.5 Å². The van der Waals surface area contributed by atoms with E-state index >= 15 is 0 Å². The monoisotopic (exact) mass is 414 g/mol. The van der Waals surface area contributed by atoms with E-state index in [2.05, 4.69) is 4.74 Å². The fraction of sp³-hybridized carbons (Fsp3) is 0.143. The molecule has 0 saturated carbocycles. The van der Waals surface area contributed by atoms with Crippen molar-refractivity contribution in [3.63, 3.8) is 0 Å². The zero-order chi connectivity index (χ0) is 21.3. The highest BCUT2D eigenvalue weighted by Crippen LogP contribution is 2.37. The number of benzene rings is 3. The Labute approximate surface area is 161 Å². The van der Waals surface area contributed by atoms with Gasteiger partial charge in [-0.2, -0.15) is 8.78 Å². The summed E-state index contributed by atoms with van der Waals surface area (Å²) < 4.78 is 100. The first kappa shape index (κ1) is 20.7. The van der Waals surface area contributed by atoms with E-state index in [1.165, 1.54) is 0 Å². The molecule has 0 saturated heterocycles. The Bertz CT molecular complexity index is 999. The van der Waals surface area contributed by atoms with Gasteiger partial charge in [-0.25, -0.2) is 22.0 Å². The minimum absolute atomic E-state index is 0.0160. The molecule has 0 fully saturated rings. The number of aryl methyl sites for hydroxylation is 1. The van der Waals surface area contributed by atoms with Crippen molar-refractivity contribution >= 4 is 0 Å². The molecule has 152 valence electrons. The van der Waals surface area contributed by atoms with Crippen LogP contribution in [0.1, 0.15) is 18.1 Å². The lowest BCUT2D eigenvalue weighted by atomic mass is 10.0. The van der Waals surface area contributed by atoms with Gasteiger partial charge in [0.2, 0.25) is 0 Å². The number of alkyl halides is 2. The summed E-state index contributed by atoms with van der Waals surface area (Å²) in [5, 5.41) is 0. The molecule has 0 amide bonds.